The molecule has 18 heavy (non-hydrogen) atoms. The van der Waals surface area contributed by atoms with Crippen LogP contribution in [0.3, 0.4) is 0 Å². The lowest BCUT2D eigenvalue weighted by atomic mass is 10.1. The molecule has 0 atom stereocenters. The van der Waals surface area contributed by atoms with Gasteiger partial charge in [-0.1, -0.05) is 24.6 Å². The monoisotopic (exact) mass is 248 g/mol. The number of hydrogen-bond acceptors (Lipinski definition) is 3. The fourth-order valence-electron chi connectivity index (χ4n) is 1.73. The molecule has 3 heteroatoms. The second-order valence-corrected chi connectivity index (χ2v) is 4.28. The van der Waals surface area contributed by atoms with Gasteiger partial charge >= 0.3 is 5.63 Å². The molecule has 1 rings (SSSR count). The first-order valence-corrected chi connectivity index (χ1v) is 6.03. The van der Waals surface area contributed by atoms with Crippen LogP contribution in [0.1, 0.15) is 38.5 Å². The average molecular weight is 248 g/mol. The molecule has 0 fully saturated rings. The van der Waals surface area contributed by atoms with Crippen LogP contribution in [0.4, 0.5) is 0 Å². The third-order valence-electron chi connectivity index (χ3n) is 2.72. The smallest absolute Gasteiger partial charge is 0.342 e. The highest BCUT2D eigenvalue weighted by Crippen LogP contribution is 2.21. The summed E-state index contributed by atoms with van der Waals surface area (Å²) >= 11 is 0. The summed E-state index contributed by atoms with van der Waals surface area (Å²) in [6.07, 6.45) is 5.10. The van der Waals surface area contributed by atoms with Crippen LogP contribution in [-0.2, 0) is 0 Å². The van der Waals surface area contributed by atoms with Gasteiger partial charge in [0.1, 0.15) is 11.5 Å². The van der Waals surface area contributed by atoms with Gasteiger partial charge in [0.05, 0.1) is 12.7 Å². The second kappa shape index (κ2) is 6.24. The fraction of sp³-hybridized carbons (Fsp3) is 0.400. The van der Waals surface area contributed by atoms with E-state index in [1.165, 1.54) is 0 Å². The Labute approximate surface area is 108 Å². The van der Waals surface area contributed by atoms with Crippen molar-refractivity contribution in [2.45, 2.75) is 34.1 Å². The van der Waals surface area contributed by atoms with Gasteiger partial charge in [0, 0.05) is 6.07 Å². The lowest BCUT2D eigenvalue weighted by Crippen LogP contribution is -2.06. The zero-order valence-corrected chi connectivity index (χ0v) is 11.7. The van der Waals surface area contributed by atoms with Gasteiger partial charge in [-0.3, -0.25) is 0 Å². The lowest BCUT2D eigenvalue weighted by molar-refractivity contribution is 0.395. The summed E-state index contributed by atoms with van der Waals surface area (Å²) in [5.41, 5.74) is 2.20. The molecular formula is C15H20O3. The third-order valence-corrected chi connectivity index (χ3v) is 2.72. The van der Waals surface area contributed by atoms with Gasteiger partial charge in [0.25, 0.3) is 0 Å². The summed E-state index contributed by atoms with van der Waals surface area (Å²) in [6, 6.07) is 1.75. The Kier molecular flexibility index (Phi) is 4.95. The van der Waals surface area contributed by atoms with Crippen molar-refractivity contribution in [3.63, 3.8) is 0 Å². The van der Waals surface area contributed by atoms with Gasteiger partial charge in [0.15, 0.2) is 0 Å². The number of ether oxygens (including phenoxy) is 1. The van der Waals surface area contributed by atoms with E-state index >= 15 is 0 Å². The number of rotatable bonds is 4. The van der Waals surface area contributed by atoms with Crippen LogP contribution in [0, 0.1) is 6.92 Å². The Morgan fingerprint density at radius 2 is 2.11 bits per heavy atom. The Morgan fingerprint density at radius 3 is 2.67 bits per heavy atom. The molecule has 1 aromatic rings. The van der Waals surface area contributed by atoms with Gasteiger partial charge in [-0.05, 0) is 32.8 Å². The van der Waals surface area contributed by atoms with Gasteiger partial charge < -0.3 is 9.15 Å². The van der Waals surface area contributed by atoms with Crippen molar-refractivity contribution in [2.75, 3.05) is 7.11 Å². The Bertz CT molecular complexity index is 533. The summed E-state index contributed by atoms with van der Waals surface area (Å²) in [5.74, 6) is 1.11. The molecule has 0 unspecified atom stereocenters. The molecule has 1 heterocycles. The maximum Gasteiger partial charge on any atom is 0.342 e. The topological polar surface area (TPSA) is 39.4 Å². The molecular weight excluding hydrogens is 228 g/mol. The average Bonchev–Trinajstić information content (AvgIpc) is 2.32. The highest BCUT2D eigenvalue weighted by Gasteiger charge is 2.09. The van der Waals surface area contributed by atoms with Crippen molar-refractivity contribution < 1.29 is 9.15 Å². The predicted molar refractivity (Wildman–Crippen MR) is 74.0 cm³/mol. The molecule has 0 spiro atoms. The van der Waals surface area contributed by atoms with Crippen molar-refractivity contribution >= 4 is 5.57 Å². The van der Waals surface area contributed by atoms with Gasteiger partial charge in [-0.15, -0.1) is 0 Å². The number of allylic oxidation sites excluding steroid dienone is 4. The molecule has 0 amide bonds. The quantitative estimate of drug-likeness (QED) is 0.762. The van der Waals surface area contributed by atoms with Crippen LogP contribution in [0.25, 0.3) is 5.57 Å². The molecule has 1 aromatic heterocycles. The van der Waals surface area contributed by atoms with E-state index < -0.39 is 0 Å². The molecule has 0 aliphatic carbocycles. The van der Waals surface area contributed by atoms with E-state index in [2.05, 4.69) is 13.0 Å². The van der Waals surface area contributed by atoms with Crippen LogP contribution in [-0.4, -0.2) is 7.11 Å². The summed E-state index contributed by atoms with van der Waals surface area (Å²) in [7, 11) is 1.55. The van der Waals surface area contributed by atoms with Crippen LogP contribution < -0.4 is 10.4 Å². The van der Waals surface area contributed by atoms with Crippen molar-refractivity contribution in [1.29, 1.82) is 0 Å². The van der Waals surface area contributed by atoms with E-state index in [0.29, 0.717) is 17.1 Å². The maximum atomic E-state index is 11.6. The van der Waals surface area contributed by atoms with Gasteiger partial charge in [-0.2, -0.15) is 0 Å². The minimum absolute atomic E-state index is 0.353. The SMILES string of the molecule is CCC=C(C)C=C(C)c1cc(OC)c(C)c(=O)o1. The molecule has 0 radical (unpaired) electrons. The van der Waals surface area contributed by atoms with Crippen LogP contribution in [0.5, 0.6) is 5.75 Å². The van der Waals surface area contributed by atoms with Gasteiger partial charge in [-0.25, -0.2) is 4.79 Å². The zero-order chi connectivity index (χ0) is 13.7. The minimum Gasteiger partial charge on any atom is -0.496 e. The molecule has 0 bridgehead atoms. The first-order valence-electron chi connectivity index (χ1n) is 6.03. The number of methoxy groups -OCH3 is 1. The van der Waals surface area contributed by atoms with Crippen LogP contribution in [0.15, 0.2) is 33.0 Å². The molecule has 0 saturated carbocycles. The van der Waals surface area contributed by atoms with Crippen molar-refractivity contribution in [1.82, 2.24) is 0 Å². The van der Waals surface area contributed by atoms with E-state index in [9.17, 15) is 4.79 Å². The molecule has 0 aliphatic heterocycles. The summed E-state index contributed by atoms with van der Waals surface area (Å²) < 4.78 is 10.4. The van der Waals surface area contributed by atoms with E-state index in [-0.39, 0.29) is 5.63 Å². The molecule has 3 nitrogen and oxygen atoms in total. The standard InChI is InChI=1S/C15H20O3/c1-6-7-10(2)8-11(3)13-9-14(17-5)12(4)15(16)18-13/h7-9H,6H2,1-5H3. The largest absolute Gasteiger partial charge is 0.496 e. The molecule has 0 aromatic carbocycles. The van der Waals surface area contributed by atoms with E-state index in [4.69, 9.17) is 9.15 Å². The van der Waals surface area contributed by atoms with Crippen molar-refractivity contribution in [2.24, 2.45) is 0 Å². The van der Waals surface area contributed by atoms with Crippen molar-refractivity contribution in [3.05, 3.63) is 45.5 Å². The Hall–Kier alpha value is -1.77. The molecule has 0 saturated heterocycles. The minimum atomic E-state index is -0.353. The Balaban J connectivity index is 3.22. The lowest BCUT2D eigenvalue weighted by Gasteiger charge is -2.06. The predicted octanol–water partition coefficient (Wildman–Crippen LogP) is 3.72. The normalized spacial score (nSPS) is 12.7. The summed E-state index contributed by atoms with van der Waals surface area (Å²) in [4.78, 5) is 11.6. The highest BCUT2D eigenvalue weighted by atomic mass is 16.5. The van der Waals surface area contributed by atoms with Gasteiger partial charge in [0.2, 0.25) is 0 Å². The zero-order valence-electron chi connectivity index (χ0n) is 11.7. The first kappa shape index (κ1) is 14.3. The fourth-order valence-corrected chi connectivity index (χ4v) is 1.73. The number of hydrogen-bond donors (Lipinski definition) is 0. The van der Waals surface area contributed by atoms with E-state index in [1.807, 2.05) is 19.9 Å². The Morgan fingerprint density at radius 1 is 1.44 bits per heavy atom. The van der Waals surface area contributed by atoms with E-state index in [1.54, 1.807) is 20.1 Å². The molecule has 0 N–H and O–H groups in total. The third kappa shape index (κ3) is 3.36. The second-order valence-electron chi connectivity index (χ2n) is 4.28. The molecule has 0 aliphatic rings. The highest BCUT2D eigenvalue weighted by molar-refractivity contribution is 5.63. The maximum absolute atomic E-state index is 11.6. The van der Waals surface area contributed by atoms with Crippen molar-refractivity contribution in [3.8, 4) is 5.75 Å². The summed E-state index contributed by atoms with van der Waals surface area (Å²) in [5, 5.41) is 0. The first-order chi connectivity index (χ1) is 8.49. The van der Waals surface area contributed by atoms with E-state index in [0.717, 1.165) is 17.6 Å². The molecule has 98 valence electrons. The van der Waals surface area contributed by atoms with Crippen LogP contribution in [0.2, 0.25) is 0 Å². The van der Waals surface area contributed by atoms with Crippen LogP contribution >= 0.6 is 0 Å². The summed E-state index contributed by atoms with van der Waals surface area (Å²) in [6.45, 7) is 7.72.